The van der Waals surface area contributed by atoms with Crippen molar-refractivity contribution < 1.29 is 9.13 Å². The number of hydrogen-bond acceptors (Lipinski definition) is 1. The molecule has 0 aromatic carbocycles. The maximum Gasteiger partial charge on any atom is 0.169 e. The Kier molecular flexibility index (Phi) is 5.58. The van der Waals surface area contributed by atoms with Gasteiger partial charge in [0.1, 0.15) is 5.78 Å². The molecule has 0 N–H and O–H groups in total. The van der Waals surface area contributed by atoms with Gasteiger partial charge in [0.2, 0.25) is 0 Å². The lowest BCUT2D eigenvalue weighted by molar-refractivity contribution is -0.499. The molecule has 1 aromatic heterocycles. The van der Waals surface area contributed by atoms with E-state index in [0.717, 1.165) is 0 Å². The van der Waals surface area contributed by atoms with E-state index in [4.69, 9.17) is 0 Å². The summed E-state index contributed by atoms with van der Waals surface area (Å²) in [5.74, 6) is 0.167. The number of Topliss-reactive ketones (excluding diaryl/α,β-unsaturated/α-hetero) is 1. The lowest BCUT2D eigenvalue weighted by Crippen LogP contribution is -2.15. The molecule has 0 saturated heterocycles. The Labute approximate surface area is 69.5 Å². The van der Waals surface area contributed by atoms with E-state index >= 15 is 0 Å². The Bertz CT molecular complexity index is 207. The first-order valence-corrected chi connectivity index (χ1v) is 3.83. The summed E-state index contributed by atoms with van der Waals surface area (Å²) >= 11 is 0. The molecule has 0 saturated carbocycles. The van der Waals surface area contributed by atoms with Gasteiger partial charge in [-0.1, -0.05) is 6.07 Å². The minimum Gasteiger partial charge on any atom is -0.300 e. The van der Waals surface area contributed by atoms with Crippen molar-refractivity contribution in [3.8, 4) is 0 Å². The van der Waals surface area contributed by atoms with Crippen LogP contribution in [0.4, 0.5) is 0 Å². The van der Waals surface area contributed by atoms with Gasteiger partial charge in [-0.25, -0.2) is 0 Å². The highest BCUT2D eigenvalue weighted by atomic mass is 31.0. The summed E-state index contributed by atoms with van der Waals surface area (Å²) in [6.45, 7) is 3.06. The molecule has 0 bridgehead atoms. The Balaban J connectivity index is 0.000000218. The van der Waals surface area contributed by atoms with Crippen molar-refractivity contribution in [1.82, 2.24) is 0 Å². The molecule has 60 valence electrons. The average molecular weight is 170 g/mol. The van der Waals surface area contributed by atoms with Crippen LogP contribution in [0.1, 0.15) is 13.8 Å². The molecule has 3 heteroatoms. The molecule has 1 heterocycles. The Hall–Kier alpha value is -0.750. The smallest absolute Gasteiger partial charge is 0.169 e. The van der Waals surface area contributed by atoms with E-state index in [1.54, 1.807) is 0 Å². The molecule has 1 atom stereocenters. The number of aromatic nitrogens is 1. The van der Waals surface area contributed by atoms with Gasteiger partial charge in [-0.05, 0) is 13.8 Å². The number of hydrogen-bond donors (Lipinski definition) is 0. The van der Waals surface area contributed by atoms with E-state index < -0.39 is 0 Å². The number of rotatable bonds is 0. The molecule has 1 unspecified atom stereocenters. The zero-order chi connectivity index (χ0) is 8.69. The monoisotopic (exact) mass is 170 g/mol. The summed E-state index contributed by atoms with van der Waals surface area (Å²) < 4.78 is 1.92. The topological polar surface area (TPSA) is 20.9 Å². The van der Waals surface area contributed by atoms with Crippen molar-refractivity contribution in [3.05, 3.63) is 30.6 Å². The molecule has 0 radical (unpaired) electrons. The summed E-state index contributed by atoms with van der Waals surface area (Å²) in [5.41, 5.74) is 0. The van der Waals surface area contributed by atoms with Crippen molar-refractivity contribution in [2.75, 3.05) is 0 Å². The van der Waals surface area contributed by atoms with Crippen LogP contribution in [0.2, 0.25) is 0 Å². The van der Waals surface area contributed by atoms with E-state index in [0.29, 0.717) is 0 Å². The maximum absolute atomic E-state index is 9.44. The summed E-state index contributed by atoms with van der Waals surface area (Å²) in [4.78, 5) is 9.44. The van der Waals surface area contributed by atoms with Gasteiger partial charge in [0.05, 0.1) is 0 Å². The first kappa shape index (κ1) is 10.2. The molecule has 0 spiro atoms. The van der Waals surface area contributed by atoms with Crippen LogP contribution in [-0.4, -0.2) is 5.78 Å². The Morgan fingerprint density at radius 1 is 1.18 bits per heavy atom. The summed E-state index contributed by atoms with van der Waals surface area (Å²) in [6, 6.07) is 5.94. The molecular formula is C8H13NOP+. The van der Waals surface area contributed by atoms with Crippen LogP contribution in [0.25, 0.3) is 0 Å². The molecule has 0 fully saturated rings. The summed E-state index contributed by atoms with van der Waals surface area (Å²) in [5, 5.41) is 0. The summed E-state index contributed by atoms with van der Waals surface area (Å²) in [6.07, 6.45) is 3.93. The van der Waals surface area contributed by atoms with Crippen LogP contribution in [0.3, 0.4) is 0 Å². The second-order valence-electron chi connectivity index (χ2n) is 2.23. The van der Waals surface area contributed by atoms with E-state index in [9.17, 15) is 4.79 Å². The molecule has 0 aliphatic heterocycles. The van der Waals surface area contributed by atoms with E-state index in [1.807, 2.05) is 34.9 Å². The summed E-state index contributed by atoms with van der Waals surface area (Å²) in [7, 11) is 2.55. The van der Waals surface area contributed by atoms with E-state index in [2.05, 4.69) is 9.39 Å². The van der Waals surface area contributed by atoms with Gasteiger partial charge >= 0.3 is 0 Å². The molecular weight excluding hydrogens is 157 g/mol. The van der Waals surface area contributed by atoms with Gasteiger partial charge in [0, 0.05) is 12.1 Å². The highest BCUT2D eigenvalue weighted by molar-refractivity contribution is 7.07. The van der Waals surface area contributed by atoms with Crippen molar-refractivity contribution >= 4 is 15.2 Å². The average Bonchev–Trinajstić information content (AvgIpc) is 1.87. The fourth-order valence-corrected chi connectivity index (χ4v) is 0.611. The van der Waals surface area contributed by atoms with Gasteiger partial charge in [0.15, 0.2) is 21.8 Å². The van der Waals surface area contributed by atoms with Crippen molar-refractivity contribution in [2.45, 2.75) is 13.8 Å². The predicted molar refractivity (Wildman–Crippen MR) is 48.1 cm³/mol. The zero-order valence-electron chi connectivity index (χ0n) is 6.82. The molecule has 0 amide bonds. The number of nitrogens with zero attached hydrogens (tertiary/aromatic N) is 1. The van der Waals surface area contributed by atoms with Gasteiger partial charge in [0.25, 0.3) is 0 Å². The predicted octanol–water partition coefficient (Wildman–Crippen LogP) is 1.21. The number of carbonyl (C=O) groups excluding carboxylic acids is 1. The molecule has 2 nitrogen and oxygen atoms in total. The minimum absolute atomic E-state index is 0.167. The minimum atomic E-state index is 0.167. The van der Waals surface area contributed by atoms with Crippen molar-refractivity contribution in [3.63, 3.8) is 0 Å². The van der Waals surface area contributed by atoms with Crippen LogP contribution >= 0.6 is 9.39 Å². The highest BCUT2D eigenvalue weighted by Crippen LogP contribution is 1.77. The second-order valence-corrected chi connectivity index (χ2v) is 2.83. The molecule has 0 aliphatic rings. The second kappa shape index (κ2) is 5.99. The standard InChI is InChI=1S/C5H7NP.C3H6O/c7-6-4-2-1-3-5-6;1-3(2)4/h1-5H,7H2;1-2H3/q+1;. The third kappa shape index (κ3) is 9.25. The van der Waals surface area contributed by atoms with E-state index in [-0.39, 0.29) is 5.78 Å². The fraction of sp³-hybridized carbons (Fsp3) is 0.250. The third-order valence-electron chi connectivity index (χ3n) is 0.739. The van der Waals surface area contributed by atoms with Crippen LogP contribution in [0, 0.1) is 0 Å². The maximum atomic E-state index is 9.44. The Morgan fingerprint density at radius 2 is 1.55 bits per heavy atom. The normalized spacial score (nSPS) is 7.91. The van der Waals surface area contributed by atoms with Crippen LogP contribution < -0.4 is 4.34 Å². The van der Waals surface area contributed by atoms with Gasteiger partial charge in [-0.15, -0.1) is 0 Å². The number of carbonyl (C=O) groups is 1. The first-order valence-electron chi connectivity index (χ1n) is 3.31. The molecule has 0 aliphatic carbocycles. The molecule has 1 aromatic rings. The van der Waals surface area contributed by atoms with Gasteiger partial charge in [-0.3, -0.25) is 0 Å². The number of pyridine rings is 1. The third-order valence-corrected chi connectivity index (χ3v) is 1.08. The Morgan fingerprint density at radius 3 is 1.73 bits per heavy atom. The van der Waals surface area contributed by atoms with Gasteiger partial charge < -0.3 is 4.79 Å². The first-order chi connectivity index (χ1) is 5.13. The SMILES string of the molecule is CC(C)=O.P[n+]1ccccc1. The van der Waals surface area contributed by atoms with Crippen molar-refractivity contribution in [2.24, 2.45) is 0 Å². The lowest BCUT2D eigenvalue weighted by Gasteiger charge is -1.77. The fourth-order valence-electron chi connectivity index (χ4n) is 0.412. The van der Waals surface area contributed by atoms with Crippen LogP contribution in [0.5, 0.6) is 0 Å². The number of ketones is 1. The van der Waals surface area contributed by atoms with Gasteiger partial charge in [-0.2, -0.15) is 4.34 Å². The van der Waals surface area contributed by atoms with Crippen LogP contribution in [-0.2, 0) is 4.79 Å². The molecule has 11 heavy (non-hydrogen) atoms. The van der Waals surface area contributed by atoms with E-state index in [1.165, 1.54) is 13.8 Å². The molecule has 1 rings (SSSR count). The zero-order valence-corrected chi connectivity index (χ0v) is 7.97. The highest BCUT2D eigenvalue weighted by Gasteiger charge is 1.79. The van der Waals surface area contributed by atoms with Crippen molar-refractivity contribution in [1.29, 1.82) is 0 Å². The largest absolute Gasteiger partial charge is 0.300 e. The quantitative estimate of drug-likeness (QED) is 0.536. The lowest BCUT2D eigenvalue weighted by atomic mass is 10.5. The van der Waals surface area contributed by atoms with Crippen LogP contribution in [0.15, 0.2) is 30.6 Å².